The van der Waals surface area contributed by atoms with Crippen LogP contribution < -0.4 is 0 Å². The summed E-state index contributed by atoms with van der Waals surface area (Å²) in [5.74, 6) is -7.23. The first-order valence-corrected chi connectivity index (χ1v) is 3.74. The molecular weight excluding hydrogens is 208 g/mol. The minimum absolute atomic E-state index is 0.532. The SMILES string of the molecule is O=C(O)CC(C=CC(=O)C(=O)O)C(=O)O. The molecule has 0 radical (unpaired) electrons. The van der Waals surface area contributed by atoms with Gasteiger partial charge in [-0.1, -0.05) is 6.08 Å². The number of ketones is 1. The van der Waals surface area contributed by atoms with Gasteiger partial charge in [0.2, 0.25) is 0 Å². The zero-order valence-corrected chi connectivity index (χ0v) is 7.41. The van der Waals surface area contributed by atoms with Crippen LogP contribution >= 0.6 is 0 Å². The summed E-state index contributed by atoms with van der Waals surface area (Å²) in [4.78, 5) is 41.2. The largest absolute Gasteiger partial charge is 0.481 e. The van der Waals surface area contributed by atoms with Gasteiger partial charge < -0.3 is 15.3 Å². The van der Waals surface area contributed by atoms with Crippen LogP contribution in [0.3, 0.4) is 0 Å². The van der Waals surface area contributed by atoms with Crippen molar-refractivity contribution in [2.45, 2.75) is 6.42 Å². The lowest BCUT2D eigenvalue weighted by Crippen LogP contribution is -2.17. The molecule has 0 aliphatic carbocycles. The average Bonchev–Trinajstić information content (AvgIpc) is 2.10. The molecule has 7 heteroatoms. The number of carboxylic acids is 3. The fourth-order valence-corrected chi connectivity index (χ4v) is 0.701. The van der Waals surface area contributed by atoms with E-state index in [0.717, 1.165) is 6.08 Å². The molecule has 0 aromatic heterocycles. The van der Waals surface area contributed by atoms with Crippen LogP contribution in [0.2, 0.25) is 0 Å². The maximum Gasteiger partial charge on any atom is 0.376 e. The lowest BCUT2D eigenvalue weighted by molar-refractivity contribution is -0.147. The first-order valence-electron chi connectivity index (χ1n) is 3.74. The van der Waals surface area contributed by atoms with Crippen LogP contribution in [0.15, 0.2) is 12.2 Å². The van der Waals surface area contributed by atoms with E-state index in [2.05, 4.69) is 0 Å². The van der Waals surface area contributed by atoms with Crippen LogP contribution in [0.5, 0.6) is 0 Å². The highest BCUT2D eigenvalue weighted by molar-refractivity contribution is 6.37. The molecule has 0 bridgehead atoms. The Morgan fingerprint density at radius 2 is 1.60 bits per heavy atom. The second kappa shape index (κ2) is 5.53. The van der Waals surface area contributed by atoms with Gasteiger partial charge in [0.25, 0.3) is 5.78 Å². The van der Waals surface area contributed by atoms with E-state index in [4.69, 9.17) is 15.3 Å². The van der Waals surface area contributed by atoms with Gasteiger partial charge in [0, 0.05) is 0 Å². The summed E-state index contributed by atoms with van der Waals surface area (Å²) >= 11 is 0. The van der Waals surface area contributed by atoms with Crippen molar-refractivity contribution in [3.63, 3.8) is 0 Å². The van der Waals surface area contributed by atoms with Crippen LogP contribution in [0.25, 0.3) is 0 Å². The van der Waals surface area contributed by atoms with Gasteiger partial charge in [0.15, 0.2) is 0 Å². The molecule has 3 N–H and O–H groups in total. The van der Waals surface area contributed by atoms with E-state index in [0.29, 0.717) is 6.08 Å². The van der Waals surface area contributed by atoms with E-state index in [1.165, 1.54) is 0 Å². The normalized spacial score (nSPS) is 12.3. The first kappa shape index (κ1) is 12.8. The highest BCUT2D eigenvalue weighted by Crippen LogP contribution is 2.05. The van der Waals surface area contributed by atoms with Crippen LogP contribution in [0.1, 0.15) is 6.42 Å². The molecule has 1 atom stereocenters. The molecule has 0 aliphatic rings. The number of hydrogen-bond donors (Lipinski definition) is 3. The number of carbonyl (C=O) groups excluding carboxylic acids is 1. The molecule has 0 aromatic carbocycles. The lowest BCUT2D eigenvalue weighted by Gasteiger charge is -2.02. The van der Waals surface area contributed by atoms with Gasteiger partial charge >= 0.3 is 17.9 Å². The van der Waals surface area contributed by atoms with Gasteiger partial charge in [-0.05, 0) is 6.08 Å². The monoisotopic (exact) mass is 216 g/mol. The topological polar surface area (TPSA) is 129 Å². The molecule has 0 aliphatic heterocycles. The average molecular weight is 216 g/mol. The molecule has 82 valence electrons. The zero-order valence-electron chi connectivity index (χ0n) is 7.41. The molecule has 1 unspecified atom stereocenters. The molecule has 15 heavy (non-hydrogen) atoms. The number of rotatable bonds is 6. The van der Waals surface area contributed by atoms with Crippen molar-refractivity contribution in [2.24, 2.45) is 5.92 Å². The van der Waals surface area contributed by atoms with E-state index < -0.39 is 36.0 Å². The summed E-state index contributed by atoms with van der Waals surface area (Å²) in [6, 6.07) is 0. The maximum atomic E-state index is 10.5. The molecule has 0 heterocycles. The van der Waals surface area contributed by atoms with Crippen molar-refractivity contribution in [2.75, 3.05) is 0 Å². The minimum Gasteiger partial charge on any atom is -0.481 e. The Balaban J connectivity index is 4.54. The smallest absolute Gasteiger partial charge is 0.376 e. The number of carbonyl (C=O) groups is 4. The fraction of sp³-hybridized carbons (Fsp3) is 0.250. The quantitative estimate of drug-likeness (QED) is 0.398. The molecule has 0 spiro atoms. The Bertz CT molecular complexity index is 328. The second-order valence-electron chi connectivity index (χ2n) is 2.57. The Labute approximate surface area is 83.6 Å². The zero-order chi connectivity index (χ0) is 12.0. The van der Waals surface area contributed by atoms with E-state index in [-0.39, 0.29) is 0 Å². The van der Waals surface area contributed by atoms with E-state index >= 15 is 0 Å². The van der Waals surface area contributed by atoms with Crippen molar-refractivity contribution in [1.29, 1.82) is 0 Å². The van der Waals surface area contributed by atoms with Crippen molar-refractivity contribution >= 4 is 23.7 Å². The maximum absolute atomic E-state index is 10.5. The predicted molar refractivity (Wildman–Crippen MR) is 45.2 cm³/mol. The van der Waals surface area contributed by atoms with Gasteiger partial charge in [-0.2, -0.15) is 0 Å². The summed E-state index contributed by atoms with van der Waals surface area (Å²) in [5.41, 5.74) is 0. The summed E-state index contributed by atoms with van der Waals surface area (Å²) in [6.45, 7) is 0. The number of aliphatic carboxylic acids is 3. The molecule has 0 aromatic rings. The molecule has 0 fully saturated rings. The fourth-order valence-electron chi connectivity index (χ4n) is 0.701. The van der Waals surface area contributed by atoms with Crippen LogP contribution in [-0.2, 0) is 19.2 Å². The Kier molecular flexibility index (Phi) is 4.73. The third kappa shape index (κ3) is 5.19. The lowest BCUT2D eigenvalue weighted by atomic mass is 10.1. The predicted octanol–water partition coefficient (Wildman–Crippen LogP) is -0.628. The van der Waals surface area contributed by atoms with E-state index in [1.54, 1.807) is 0 Å². The molecular formula is C8H8O7. The number of carboxylic acid groups (broad SMARTS) is 3. The van der Waals surface area contributed by atoms with Gasteiger partial charge in [0.05, 0.1) is 12.3 Å². The highest BCUT2D eigenvalue weighted by Gasteiger charge is 2.18. The highest BCUT2D eigenvalue weighted by atomic mass is 16.4. The molecule has 7 nitrogen and oxygen atoms in total. The van der Waals surface area contributed by atoms with Crippen LogP contribution in [-0.4, -0.2) is 39.0 Å². The third-order valence-corrected chi connectivity index (χ3v) is 1.40. The van der Waals surface area contributed by atoms with Gasteiger partial charge in [-0.3, -0.25) is 14.4 Å². The van der Waals surface area contributed by atoms with Gasteiger partial charge in [-0.25, -0.2) is 4.79 Å². The standard InChI is InChI=1S/C8H8O7/c9-5(8(14)15)2-1-4(7(12)13)3-6(10)11/h1-2,4H,3H2,(H,10,11)(H,12,13)(H,14,15). The van der Waals surface area contributed by atoms with Crippen LogP contribution in [0, 0.1) is 5.92 Å². The first-order chi connectivity index (χ1) is 6.84. The van der Waals surface area contributed by atoms with E-state index in [9.17, 15) is 19.2 Å². The molecule has 0 saturated carbocycles. The third-order valence-electron chi connectivity index (χ3n) is 1.40. The Morgan fingerprint density at radius 1 is 1.07 bits per heavy atom. The summed E-state index contributed by atoms with van der Waals surface area (Å²) in [5, 5.41) is 25.0. The van der Waals surface area contributed by atoms with Crippen molar-refractivity contribution in [1.82, 2.24) is 0 Å². The molecule has 0 rings (SSSR count). The Morgan fingerprint density at radius 3 is 1.93 bits per heavy atom. The summed E-state index contributed by atoms with van der Waals surface area (Å²) in [7, 11) is 0. The molecule has 0 saturated heterocycles. The van der Waals surface area contributed by atoms with Crippen molar-refractivity contribution in [3.05, 3.63) is 12.2 Å². The Hall–Kier alpha value is -2.18. The molecule has 0 amide bonds. The van der Waals surface area contributed by atoms with Crippen molar-refractivity contribution in [3.8, 4) is 0 Å². The summed E-state index contributed by atoms with van der Waals surface area (Å²) in [6.07, 6.45) is 0.565. The van der Waals surface area contributed by atoms with Gasteiger partial charge in [-0.15, -0.1) is 0 Å². The second-order valence-corrected chi connectivity index (χ2v) is 2.57. The van der Waals surface area contributed by atoms with Gasteiger partial charge in [0.1, 0.15) is 0 Å². The number of hydrogen-bond acceptors (Lipinski definition) is 4. The van der Waals surface area contributed by atoms with Crippen LogP contribution in [0.4, 0.5) is 0 Å². The summed E-state index contributed by atoms with van der Waals surface area (Å²) < 4.78 is 0. The minimum atomic E-state index is -1.73. The van der Waals surface area contributed by atoms with E-state index in [1.807, 2.05) is 0 Å². The van der Waals surface area contributed by atoms with Crippen molar-refractivity contribution < 1.29 is 34.5 Å².